The van der Waals surface area contributed by atoms with Crippen LogP contribution in [0.5, 0.6) is 0 Å². The van der Waals surface area contributed by atoms with Crippen molar-refractivity contribution in [3.8, 4) is 0 Å². The Hall–Kier alpha value is -0.500. The Labute approximate surface area is 65.5 Å². The summed E-state index contributed by atoms with van der Waals surface area (Å²) in [5.74, 6) is 0.307. The van der Waals surface area contributed by atoms with Crippen molar-refractivity contribution >= 4 is 12.6 Å². The third-order valence-electron chi connectivity index (χ3n) is 1.38. The summed E-state index contributed by atoms with van der Waals surface area (Å²) in [6.07, 6.45) is 0. The van der Waals surface area contributed by atoms with Crippen molar-refractivity contribution in [2.45, 2.75) is 12.7 Å². The van der Waals surface area contributed by atoms with Crippen molar-refractivity contribution in [2.24, 2.45) is 0 Å². The molecule has 0 aliphatic carbocycles. The van der Waals surface area contributed by atoms with Crippen LogP contribution in [0.15, 0.2) is 18.2 Å². The van der Waals surface area contributed by atoms with E-state index in [1.54, 1.807) is 6.07 Å². The molecular formula is C8H9FS. The molecule has 2 heteroatoms. The highest BCUT2D eigenvalue weighted by atomic mass is 32.1. The lowest BCUT2D eigenvalue weighted by molar-refractivity contribution is 0.616. The van der Waals surface area contributed by atoms with Crippen LogP contribution in [-0.2, 0) is 5.75 Å². The summed E-state index contributed by atoms with van der Waals surface area (Å²) in [6, 6.07) is 5.16. The van der Waals surface area contributed by atoms with Gasteiger partial charge in [0.05, 0.1) is 0 Å². The molecule has 0 saturated carbocycles. The van der Waals surface area contributed by atoms with Crippen LogP contribution in [0.2, 0.25) is 0 Å². The Morgan fingerprint density at radius 3 is 2.70 bits per heavy atom. The third-order valence-corrected chi connectivity index (χ3v) is 1.72. The van der Waals surface area contributed by atoms with Crippen molar-refractivity contribution in [1.29, 1.82) is 0 Å². The van der Waals surface area contributed by atoms with Crippen molar-refractivity contribution in [3.63, 3.8) is 0 Å². The Morgan fingerprint density at radius 1 is 1.50 bits per heavy atom. The molecule has 1 rings (SSSR count). The summed E-state index contributed by atoms with van der Waals surface area (Å²) in [6.45, 7) is 1.87. The number of halogens is 1. The molecule has 1 aromatic rings. The molecule has 0 amide bonds. The van der Waals surface area contributed by atoms with Gasteiger partial charge in [-0.05, 0) is 24.1 Å². The van der Waals surface area contributed by atoms with Crippen LogP contribution >= 0.6 is 12.6 Å². The lowest BCUT2D eigenvalue weighted by Gasteiger charge is -1.98. The number of benzene rings is 1. The van der Waals surface area contributed by atoms with Gasteiger partial charge in [0.1, 0.15) is 5.82 Å². The molecule has 0 aliphatic rings. The normalized spacial score (nSPS) is 9.90. The number of rotatable bonds is 1. The van der Waals surface area contributed by atoms with Crippen molar-refractivity contribution in [3.05, 3.63) is 35.1 Å². The first kappa shape index (κ1) is 7.61. The van der Waals surface area contributed by atoms with E-state index >= 15 is 0 Å². The molecule has 0 heterocycles. The van der Waals surface area contributed by atoms with Crippen LogP contribution in [0.4, 0.5) is 4.39 Å². The van der Waals surface area contributed by atoms with Gasteiger partial charge in [-0.1, -0.05) is 12.1 Å². The van der Waals surface area contributed by atoms with Gasteiger partial charge in [0.25, 0.3) is 0 Å². The minimum atomic E-state index is -0.157. The molecule has 0 unspecified atom stereocenters. The van der Waals surface area contributed by atoms with Crippen molar-refractivity contribution in [1.82, 2.24) is 0 Å². The van der Waals surface area contributed by atoms with Gasteiger partial charge in [-0.25, -0.2) is 4.39 Å². The van der Waals surface area contributed by atoms with Gasteiger partial charge in [0.2, 0.25) is 0 Å². The Morgan fingerprint density at radius 2 is 2.20 bits per heavy atom. The smallest absolute Gasteiger partial charge is 0.127 e. The third kappa shape index (κ3) is 1.51. The Balaban J connectivity index is 3.07. The van der Waals surface area contributed by atoms with Crippen LogP contribution in [0.1, 0.15) is 11.1 Å². The Bertz CT molecular complexity index is 233. The molecular weight excluding hydrogens is 147 g/mol. The zero-order chi connectivity index (χ0) is 7.56. The molecule has 0 aromatic heterocycles. The summed E-state index contributed by atoms with van der Waals surface area (Å²) < 4.78 is 12.8. The molecule has 10 heavy (non-hydrogen) atoms. The molecule has 0 fully saturated rings. The fraction of sp³-hybridized carbons (Fsp3) is 0.250. The minimum absolute atomic E-state index is 0.157. The predicted octanol–water partition coefficient (Wildman–Crippen LogP) is 2.56. The topological polar surface area (TPSA) is 0 Å². The van der Waals surface area contributed by atoms with E-state index in [4.69, 9.17) is 0 Å². The highest BCUT2D eigenvalue weighted by molar-refractivity contribution is 7.79. The second-order valence-corrected chi connectivity index (χ2v) is 2.57. The maximum Gasteiger partial charge on any atom is 0.127 e. The van der Waals surface area contributed by atoms with Crippen LogP contribution < -0.4 is 0 Å². The first-order valence-electron chi connectivity index (χ1n) is 3.10. The van der Waals surface area contributed by atoms with Gasteiger partial charge < -0.3 is 0 Å². The zero-order valence-electron chi connectivity index (χ0n) is 5.76. The predicted molar refractivity (Wildman–Crippen MR) is 43.8 cm³/mol. The fourth-order valence-corrected chi connectivity index (χ4v) is 1.04. The second-order valence-electron chi connectivity index (χ2n) is 2.25. The number of hydrogen-bond acceptors (Lipinski definition) is 1. The molecule has 54 valence electrons. The second kappa shape index (κ2) is 3.06. The molecule has 0 bridgehead atoms. The van der Waals surface area contributed by atoms with E-state index in [0.717, 1.165) is 5.56 Å². The van der Waals surface area contributed by atoms with E-state index in [1.165, 1.54) is 6.07 Å². The molecule has 0 spiro atoms. The molecule has 0 aliphatic heterocycles. The molecule has 0 radical (unpaired) electrons. The first-order valence-corrected chi connectivity index (χ1v) is 3.73. The van der Waals surface area contributed by atoms with E-state index in [0.29, 0.717) is 11.3 Å². The fourth-order valence-electron chi connectivity index (χ4n) is 0.781. The summed E-state index contributed by atoms with van der Waals surface area (Å²) in [4.78, 5) is 0. The molecule has 0 nitrogen and oxygen atoms in total. The number of hydrogen-bond donors (Lipinski definition) is 1. The average Bonchev–Trinajstić information content (AvgIpc) is 1.88. The monoisotopic (exact) mass is 156 g/mol. The summed E-state index contributed by atoms with van der Waals surface area (Å²) >= 11 is 3.97. The Kier molecular flexibility index (Phi) is 2.33. The average molecular weight is 156 g/mol. The van der Waals surface area contributed by atoms with E-state index < -0.39 is 0 Å². The SMILES string of the molecule is Cc1ccc(CS)c(F)c1. The van der Waals surface area contributed by atoms with Gasteiger partial charge in [-0.3, -0.25) is 0 Å². The molecule has 0 atom stereocenters. The van der Waals surface area contributed by atoms with E-state index in [1.807, 2.05) is 13.0 Å². The maximum absolute atomic E-state index is 12.8. The van der Waals surface area contributed by atoms with Crippen LogP contribution in [0.3, 0.4) is 0 Å². The highest BCUT2D eigenvalue weighted by Crippen LogP contribution is 2.11. The van der Waals surface area contributed by atoms with Crippen LogP contribution in [-0.4, -0.2) is 0 Å². The minimum Gasteiger partial charge on any atom is -0.207 e. The van der Waals surface area contributed by atoms with Gasteiger partial charge in [-0.15, -0.1) is 0 Å². The van der Waals surface area contributed by atoms with Crippen LogP contribution in [0, 0.1) is 12.7 Å². The standard InChI is InChI=1S/C8H9FS/c1-6-2-3-7(5-10)8(9)4-6/h2-4,10H,5H2,1H3. The zero-order valence-corrected chi connectivity index (χ0v) is 6.66. The number of thiol groups is 1. The van der Waals surface area contributed by atoms with Gasteiger partial charge in [0, 0.05) is 5.75 Å². The quantitative estimate of drug-likeness (QED) is 0.593. The summed E-state index contributed by atoms with van der Waals surface area (Å²) in [7, 11) is 0. The maximum atomic E-state index is 12.8. The summed E-state index contributed by atoms with van der Waals surface area (Å²) in [5, 5.41) is 0. The first-order chi connectivity index (χ1) is 4.74. The molecule has 1 aromatic carbocycles. The lowest BCUT2D eigenvalue weighted by Crippen LogP contribution is -1.85. The van der Waals surface area contributed by atoms with Gasteiger partial charge in [0.15, 0.2) is 0 Å². The van der Waals surface area contributed by atoms with E-state index in [2.05, 4.69) is 12.6 Å². The summed E-state index contributed by atoms with van der Waals surface area (Å²) in [5.41, 5.74) is 1.61. The van der Waals surface area contributed by atoms with E-state index in [-0.39, 0.29) is 5.82 Å². The molecule has 0 N–H and O–H groups in total. The number of aryl methyl sites for hydroxylation is 1. The van der Waals surface area contributed by atoms with Crippen molar-refractivity contribution in [2.75, 3.05) is 0 Å². The van der Waals surface area contributed by atoms with Gasteiger partial charge in [-0.2, -0.15) is 12.6 Å². The van der Waals surface area contributed by atoms with Crippen molar-refractivity contribution < 1.29 is 4.39 Å². The molecule has 0 saturated heterocycles. The van der Waals surface area contributed by atoms with E-state index in [9.17, 15) is 4.39 Å². The van der Waals surface area contributed by atoms with Gasteiger partial charge >= 0.3 is 0 Å². The highest BCUT2D eigenvalue weighted by Gasteiger charge is 1.97. The lowest BCUT2D eigenvalue weighted by atomic mass is 10.2. The van der Waals surface area contributed by atoms with Crippen LogP contribution in [0.25, 0.3) is 0 Å². The largest absolute Gasteiger partial charge is 0.207 e.